The summed E-state index contributed by atoms with van der Waals surface area (Å²) in [5, 5.41) is 6.73. The normalized spacial score (nSPS) is 18.2. The van der Waals surface area contributed by atoms with Gasteiger partial charge in [-0.25, -0.2) is 0 Å². The van der Waals surface area contributed by atoms with Crippen molar-refractivity contribution in [1.82, 2.24) is 10.6 Å². The van der Waals surface area contributed by atoms with Gasteiger partial charge in [0.25, 0.3) is 0 Å². The van der Waals surface area contributed by atoms with Crippen LogP contribution >= 0.6 is 0 Å². The van der Waals surface area contributed by atoms with E-state index < -0.39 is 0 Å². The second-order valence-corrected chi connectivity index (χ2v) is 5.07. The Morgan fingerprint density at radius 3 is 2.83 bits per heavy atom. The highest BCUT2D eigenvalue weighted by atomic mass is 15.2. The molecule has 1 aliphatic rings. The predicted molar refractivity (Wildman–Crippen MR) is 80.0 cm³/mol. The van der Waals surface area contributed by atoms with Gasteiger partial charge in [-0.15, -0.1) is 0 Å². The maximum Gasteiger partial charge on any atom is 0.191 e. The molecule has 1 unspecified atom stereocenters. The van der Waals surface area contributed by atoms with Crippen molar-refractivity contribution in [3.05, 3.63) is 11.6 Å². The summed E-state index contributed by atoms with van der Waals surface area (Å²) in [4.78, 5) is 4.65. The third kappa shape index (κ3) is 6.08. The number of hydrogen-bond acceptors (Lipinski definition) is 1. The zero-order valence-corrected chi connectivity index (χ0v) is 12.3. The van der Waals surface area contributed by atoms with Crippen LogP contribution in [-0.2, 0) is 0 Å². The average molecular weight is 251 g/mol. The Morgan fingerprint density at radius 1 is 1.39 bits per heavy atom. The van der Waals surface area contributed by atoms with Gasteiger partial charge in [-0.3, -0.25) is 4.99 Å². The van der Waals surface area contributed by atoms with Crippen molar-refractivity contribution in [3.8, 4) is 0 Å². The van der Waals surface area contributed by atoms with Crippen LogP contribution in [0.1, 0.15) is 59.3 Å². The lowest BCUT2D eigenvalue weighted by atomic mass is 9.97. The number of guanidine groups is 1. The number of allylic oxidation sites excluding steroid dienone is 1. The minimum atomic E-state index is 0.483. The van der Waals surface area contributed by atoms with Gasteiger partial charge in [0, 0.05) is 19.1 Å². The zero-order valence-electron chi connectivity index (χ0n) is 12.3. The molecule has 0 saturated heterocycles. The highest BCUT2D eigenvalue weighted by molar-refractivity contribution is 5.80. The molecule has 3 heteroatoms. The fourth-order valence-corrected chi connectivity index (χ4v) is 2.10. The smallest absolute Gasteiger partial charge is 0.191 e. The van der Waals surface area contributed by atoms with Gasteiger partial charge in [0.1, 0.15) is 0 Å². The number of nitrogens with zero attached hydrogens (tertiary/aromatic N) is 1. The van der Waals surface area contributed by atoms with Crippen molar-refractivity contribution in [1.29, 1.82) is 0 Å². The van der Waals surface area contributed by atoms with E-state index in [2.05, 4.69) is 42.5 Å². The summed E-state index contributed by atoms with van der Waals surface area (Å²) in [6.45, 7) is 8.31. The van der Waals surface area contributed by atoms with E-state index in [4.69, 9.17) is 0 Å². The lowest BCUT2D eigenvalue weighted by molar-refractivity contribution is 0.623. The van der Waals surface area contributed by atoms with Crippen LogP contribution in [0.4, 0.5) is 0 Å². The Balaban J connectivity index is 2.36. The van der Waals surface area contributed by atoms with E-state index in [1.165, 1.54) is 25.7 Å². The van der Waals surface area contributed by atoms with Crippen molar-refractivity contribution in [2.75, 3.05) is 13.1 Å². The molecule has 104 valence electrons. The van der Waals surface area contributed by atoms with E-state index in [1.54, 1.807) is 5.57 Å². The molecule has 0 aromatic rings. The monoisotopic (exact) mass is 251 g/mol. The van der Waals surface area contributed by atoms with E-state index in [0.29, 0.717) is 6.04 Å². The van der Waals surface area contributed by atoms with Crippen LogP contribution in [0.15, 0.2) is 16.6 Å². The van der Waals surface area contributed by atoms with Gasteiger partial charge in [0.15, 0.2) is 5.96 Å². The highest BCUT2D eigenvalue weighted by Gasteiger charge is 2.04. The largest absolute Gasteiger partial charge is 0.357 e. The average Bonchev–Trinajstić information content (AvgIpc) is 2.40. The Bertz CT molecular complexity index is 281. The number of rotatable bonds is 6. The molecule has 0 heterocycles. The molecule has 0 radical (unpaired) electrons. The van der Waals surface area contributed by atoms with Crippen LogP contribution < -0.4 is 10.6 Å². The van der Waals surface area contributed by atoms with E-state index >= 15 is 0 Å². The molecule has 0 spiro atoms. The predicted octanol–water partition coefficient (Wildman–Crippen LogP) is 3.23. The van der Waals surface area contributed by atoms with Crippen LogP contribution in [0.2, 0.25) is 0 Å². The van der Waals surface area contributed by atoms with Gasteiger partial charge in [-0.2, -0.15) is 0 Å². The highest BCUT2D eigenvalue weighted by Crippen LogP contribution is 2.19. The van der Waals surface area contributed by atoms with E-state index in [1.807, 2.05) is 0 Å². The fraction of sp³-hybridized carbons (Fsp3) is 0.800. The second kappa shape index (κ2) is 9.01. The summed E-state index contributed by atoms with van der Waals surface area (Å²) >= 11 is 0. The van der Waals surface area contributed by atoms with Crippen LogP contribution in [0, 0.1) is 0 Å². The molecule has 0 bridgehead atoms. The molecular weight excluding hydrogens is 222 g/mol. The van der Waals surface area contributed by atoms with Gasteiger partial charge in [-0.1, -0.05) is 18.6 Å². The zero-order chi connectivity index (χ0) is 13.2. The quantitative estimate of drug-likeness (QED) is 0.432. The minimum absolute atomic E-state index is 0.483. The molecule has 0 aliphatic heterocycles. The van der Waals surface area contributed by atoms with E-state index in [9.17, 15) is 0 Å². The third-order valence-electron chi connectivity index (χ3n) is 3.43. The molecule has 1 rings (SSSR count). The van der Waals surface area contributed by atoms with Crippen LogP contribution in [0.5, 0.6) is 0 Å². The first-order valence-corrected chi connectivity index (χ1v) is 7.49. The Labute approximate surface area is 112 Å². The topological polar surface area (TPSA) is 36.4 Å². The Morgan fingerprint density at radius 2 is 2.22 bits per heavy atom. The fourth-order valence-electron chi connectivity index (χ4n) is 2.10. The maximum atomic E-state index is 4.65. The first kappa shape index (κ1) is 15.1. The van der Waals surface area contributed by atoms with Crippen LogP contribution in [0.25, 0.3) is 0 Å². The van der Waals surface area contributed by atoms with Gasteiger partial charge in [0.2, 0.25) is 0 Å². The van der Waals surface area contributed by atoms with Crippen molar-refractivity contribution < 1.29 is 0 Å². The summed E-state index contributed by atoms with van der Waals surface area (Å²) < 4.78 is 0. The number of aliphatic imine (C=N–C) groups is 1. The molecule has 3 nitrogen and oxygen atoms in total. The van der Waals surface area contributed by atoms with E-state index in [-0.39, 0.29) is 0 Å². The minimum Gasteiger partial charge on any atom is -0.357 e. The SMILES string of the molecule is CCNC(=NCCC1=CCCCC1)NC(C)CC. The van der Waals surface area contributed by atoms with Gasteiger partial charge >= 0.3 is 0 Å². The molecule has 0 saturated carbocycles. The van der Waals surface area contributed by atoms with Crippen molar-refractivity contribution in [2.45, 2.75) is 65.3 Å². The number of hydrogen-bond donors (Lipinski definition) is 2. The van der Waals surface area contributed by atoms with Gasteiger partial charge in [-0.05, 0) is 52.4 Å². The van der Waals surface area contributed by atoms with Crippen LogP contribution in [-0.4, -0.2) is 25.1 Å². The maximum absolute atomic E-state index is 4.65. The molecule has 1 atom stereocenters. The number of nitrogens with one attached hydrogen (secondary N) is 2. The molecule has 18 heavy (non-hydrogen) atoms. The van der Waals surface area contributed by atoms with Crippen LogP contribution in [0.3, 0.4) is 0 Å². The lowest BCUT2D eigenvalue weighted by Crippen LogP contribution is -2.42. The first-order valence-electron chi connectivity index (χ1n) is 7.49. The third-order valence-corrected chi connectivity index (χ3v) is 3.43. The Kier molecular flexibility index (Phi) is 7.54. The molecule has 2 N–H and O–H groups in total. The summed E-state index contributed by atoms with van der Waals surface area (Å²) in [5.41, 5.74) is 1.60. The standard InChI is InChI=1S/C15H29N3/c1-4-13(3)18-15(16-5-2)17-12-11-14-9-7-6-8-10-14/h9,13H,4-8,10-12H2,1-3H3,(H2,16,17,18). The van der Waals surface area contributed by atoms with Crippen molar-refractivity contribution in [2.24, 2.45) is 4.99 Å². The van der Waals surface area contributed by atoms with Gasteiger partial charge in [0.05, 0.1) is 0 Å². The molecule has 0 amide bonds. The second-order valence-electron chi connectivity index (χ2n) is 5.07. The first-order chi connectivity index (χ1) is 8.76. The lowest BCUT2D eigenvalue weighted by Gasteiger charge is -2.16. The molecule has 0 aromatic heterocycles. The molecular formula is C15H29N3. The summed E-state index contributed by atoms with van der Waals surface area (Å²) in [5.74, 6) is 0.961. The summed E-state index contributed by atoms with van der Waals surface area (Å²) in [7, 11) is 0. The van der Waals surface area contributed by atoms with Crippen molar-refractivity contribution in [3.63, 3.8) is 0 Å². The van der Waals surface area contributed by atoms with Gasteiger partial charge < -0.3 is 10.6 Å². The van der Waals surface area contributed by atoms with E-state index in [0.717, 1.165) is 31.9 Å². The van der Waals surface area contributed by atoms with Crippen molar-refractivity contribution >= 4 is 5.96 Å². The summed E-state index contributed by atoms with van der Waals surface area (Å²) in [6.07, 6.45) is 9.93. The molecule has 0 fully saturated rings. The molecule has 1 aliphatic carbocycles. The molecule has 0 aromatic carbocycles. The Hall–Kier alpha value is -0.990. The summed E-state index contributed by atoms with van der Waals surface area (Å²) in [6, 6.07) is 0.483.